The highest BCUT2D eigenvalue weighted by atomic mass is 32.1. The Morgan fingerprint density at radius 3 is 2.30 bits per heavy atom. The molecule has 0 amide bonds. The fourth-order valence-corrected chi connectivity index (χ4v) is 6.01. The summed E-state index contributed by atoms with van der Waals surface area (Å²) in [6, 6.07) is 2.21. The van der Waals surface area contributed by atoms with Crippen LogP contribution in [0, 0.1) is 6.92 Å². The van der Waals surface area contributed by atoms with Gasteiger partial charge in [-0.1, -0.05) is 23.4 Å². The third-order valence-corrected chi connectivity index (χ3v) is 8.61. The standard InChI is InChI=1S/C27H28F8N4O3S/c1-14-8-16(24(5,26(30,31)32)27(33,34)35)6-7-17(14)20-18(11-39-12-25(28,29)9-15(39)2)36-22(43-20)21-37-19(42-38-21)10-23(3,4)41-13-40/h6-8,13,15H,9-12H2,1-5H3/t15-/m0/s1. The predicted octanol–water partition coefficient (Wildman–Crippen LogP) is 7.27. The Morgan fingerprint density at radius 2 is 1.77 bits per heavy atom. The summed E-state index contributed by atoms with van der Waals surface area (Å²) in [7, 11) is 0. The Labute approximate surface area is 245 Å². The SMILES string of the molecule is Cc1cc(C(C)(C(F)(F)F)C(F)(F)F)ccc1-c1sc(-c2noc(CC(C)(C)OC=O)n2)nc1CN1CC(F)(F)C[C@@H]1C. The molecule has 4 rings (SSSR count). The molecule has 3 aromatic rings. The zero-order valence-corrected chi connectivity index (χ0v) is 24.5. The molecule has 0 N–H and O–H groups in total. The zero-order chi connectivity index (χ0) is 32.2. The highest BCUT2D eigenvalue weighted by Gasteiger charge is 2.68. The molecule has 3 heterocycles. The summed E-state index contributed by atoms with van der Waals surface area (Å²) < 4.78 is 121. The van der Waals surface area contributed by atoms with Crippen molar-refractivity contribution in [1.29, 1.82) is 0 Å². The quantitative estimate of drug-likeness (QED) is 0.180. The number of benzene rings is 1. The molecule has 1 aliphatic heterocycles. The number of rotatable bonds is 9. The minimum atomic E-state index is -5.62. The van der Waals surface area contributed by atoms with E-state index in [1.165, 1.54) is 11.8 Å². The highest BCUT2D eigenvalue weighted by molar-refractivity contribution is 7.18. The van der Waals surface area contributed by atoms with Crippen molar-refractivity contribution in [3.8, 4) is 21.3 Å². The van der Waals surface area contributed by atoms with Crippen LogP contribution in [-0.4, -0.2) is 63.0 Å². The number of aryl methyl sites for hydroxylation is 1. The zero-order valence-electron chi connectivity index (χ0n) is 23.7. The number of carbonyl (C=O) groups is 1. The molecule has 1 atom stereocenters. The lowest BCUT2D eigenvalue weighted by molar-refractivity contribution is -0.297. The van der Waals surface area contributed by atoms with E-state index in [4.69, 9.17) is 9.26 Å². The van der Waals surface area contributed by atoms with E-state index in [1.54, 1.807) is 20.8 Å². The topological polar surface area (TPSA) is 81.3 Å². The van der Waals surface area contributed by atoms with Crippen molar-refractivity contribution in [2.24, 2.45) is 0 Å². The molecule has 0 spiro atoms. The molecule has 236 valence electrons. The van der Waals surface area contributed by atoms with Crippen LogP contribution in [0.5, 0.6) is 0 Å². The van der Waals surface area contributed by atoms with E-state index in [0.29, 0.717) is 4.88 Å². The first-order valence-electron chi connectivity index (χ1n) is 13.0. The molecule has 2 aromatic heterocycles. The molecule has 0 aliphatic carbocycles. The van der Waals surface area contributed by atoms with Crippen molar-refractivity contribution in [2.45, 2.75) is 89.3 Å². The molecule has 43 heavy (non-hydrogen) atoms. The molecular formula is C27H28F8N4O3S. The summed E-state index contributed by atoms with van der Waals surface area (Å²) in [6.07, 6.45) is -11.6. The van der Waals surface area contributed by atoms with E-state index < -0.39 is 47.4 Å². The van der Waals surface area contributed by atoms with Gasteiger partial charge in [-0.05, 0) is 51.3 Å². The Bertz CT molecular complexity index is 1470. The number of thiazole rings is 1. The number of carbonyl (C=O) groups excluding carboxylic acids is 1. The molecule has 7 nitrogen and oxygen atoms in total. The Hall–Kier alpha value is -3.14. The monoisotopic (exact) mass is 640 g/mol. The number of likely N-dealkylation sites (tertiary alicyclic amines) is 1. The lowest BCUT2D eigenvalue weighted by Crippen LogP contribution is -2.51. The van der Waals surface area contributed by atoms with Crippen molar-refractivity contribution in [1.82, 2.24) is 20.0 Å². The summed E-state index contributed by atoms with van der Waals surface area (Å²) in [5.74, 6) is -2.81. The van der Waals surface area contributed by atoms with Crippen molar-refractivity contribution in [3.05, 3.63) is 40.9 Å². The number of alkyl halides is 8. The number of hydrogen-bond donors (Lipinski definition) is 0. The van der Waals surface area contributed by atoms with Gasteiger partial charge >= 0.3 is 12.4 Å². The third kappa shape index (κ3) is 6.54. The van der Waals surface area contributed by atoms with Gasteiger partial charge in [-0.2, -0.15) is 31.3 Å². The van der Waals surface area contributed by atoms with Crippen LogP contribution in [0.3, 0.4) is 0 Å². The van der Waals surface area contributed by atoms with Crippen LogP contribution < -0.4 is 0 Å². The Morgan fingerprint density at radius 1 is 1.12 bits per heavy atom. The van der Waals surface area contributed by atoms with Crippen molar-refractivity contribution in [2.75, 3.05) is 6.54 Å². The minimum absolute atomic E-state index is 0.0187. The summed E-state index contributed by atoms with van der Waals surface area (Å²) in [6.45, 7) is 5.96. The van der Waals surface area contributed by atoms with Crippen LogP contribution in [0.25, 0.3) is 21.3 Å². The van der Waals surface area contributed by atoms with Gasteiger partial charge in [0.15, 0.2) is 10.4 Å². The number of ether oxygens (including phenoxy) is 1. The Balaban J connectivity index is 1.78. The van der Waals surface area contributed by atoms with Crippen LogP contribution >= 0.6 is 11.3 Å². The van der Waals surface area contributed by atoms with Gasteiger partial charge in [0.25, 0.3) is 12.4 Å². The fourth-order valence-electron chi connectivity index (χ4n) is 4.92. The average molecular weight is 641 g/mol. The second-order valence-corrected chi connectivity index (χ2v) is 12.4. The lowest BCUT2D eigenvalue weighted by atomic mass is 9.79. The predicted molar refractivity (Wildman–Crippen MR) is 139 cm³/mol. The normalized spacial score (nSPS) is 18.3. The molecule has 16 heteroatoms. The number of hydrogen-bond acceptors (Lipinski definition) is 8. The summed E-state index contributed by atoms with van der Waals surface area (Å²) >= 11 is 0.988. The molecule has 0 bridgehead atoms. The third-order valence-electron chi connectivity index (χ3n) is 7.49. The second-order valence-electron chi connectivity index (χ2n) is 11.4. The molecule has 1 aromatic carbocycles. The van der Waals surface area contributed by atoms with Crippen LogP contribution in [0.2, 0.25) is 0 Å². The summed E-state index contributed by atoms with van der Waals surface area (Å²) in [5, 5.41) is 4.09. The molecule has 1 fully saturated rings. The van der Waals surface area contributed by atoms with Gasteiger partial charge in [-0.15, -0.1) is 11.3 Å². The number of nitrogens with zero attached hydrogens (tertiary/aromatic N) is 4. The van der Waals surface area contributed by atoms with Gasteiger partial charge in [0.05, 0.1) is 23.5 Å². The molecule has 0 unspecified atom stereocenters. The van der Waals surface area contributed by atoms with Crippen LogP contribution in [-0.2, 0) is 27.9 Å². The van der Waals surface area contributed by atoms with E-state index in [1.807, 2.05) is 0 Å². The number of halogens is 8. The Kier molecular flexibility index (Phi) is 8.45. The molecule has 1 aliphatic rings. The van der Waals surface area contributed by atoms with Crippen molar-refractivity contribution >= 4 is 17.8 Å². The smallest absolute Gasteiger partial charge is 0.406 e. The van der Waals surface area contributed by atoms with E-state index in [2.05, 4.69) is 15.1 Å². The molecule has 0 radical (unpaired) electrons. The highest BCUT2D eigenvalue weighted by Crippen LogP contribution is 2.52. The van der Waals surface area contributed by atoms with Crippen LogP contribution in [0.4, 0.5) is 35.1 Å². The van der Waals surface area contributed by atoms with Crippen LogP contribution in [0.1, 0.15) is 56.8 Å². The first kappa shape index (κ1) is 32.8. The van der Waals surface area contributed by atoms with Gasteiger partial charge in [0.1, 0.15) is 5.60 Å². The minimum Gasteiger partial charge on any atom is -0.461 e. The fraction of sp³-hybridized carbons (Fsp3) is 0.556. The van der Waals surface area contributed by atoms with Gasteiger partial charge in [0, 0.05) is 19.0 Å². The van der Waals surface area contributed by atoms with E-state index in [-0.39, 0.29) is 66.3 Å². The largest absolute Gasteiger partial charge is 0.461 e. The summed E-state index contributed by atoms with van der Waals surface area (Å²) in [5.41, 5.74) is -5.44. The van der Waals surface area contributed by atoms with Crippen LogP contribution in [0.15, 0.2) is 22.7 Å². The summed E-state index contributed by atoms with van der Waals surface area (Å²) in [4.78, 5) is 21.4. The van der Waals surface area contributed by atoms with Gasteiger partial charge in [-0.25, -0.2) is 13.8 Å². The van der Waals surface area contributed by atoms with Gasteiger partial charge < -0.3 is 9.26 Å². The maximum absolute atomic E-state index is 14.1. The van der Waals surface area contributed by atoms with E-state index >= 15 is 0 Å². The second kappa shape index (κ2) is 11.1. The van der Waals surface area contributed by atoms with E-state index in [9.17, 15) is 39.9 Å². The number of aromatic nitrogens is 3. The average Bonchev–Trinajstić information content (AvgIpc) is 3.54. The maximum atomic E-state index is 14.1. The van der Waals surface area contributed by atoms with Gasteiger partial charge in [0.2, 0.25) is 11.7 Å². The molecule has 1 saturated heterocycles. The first-order chi connectivity index (χ1) is 19.7. The molecule has 0 saturated carbocycles. The lowest BCUT2D eigenvalue weighted by Gasteiger charge is -2.34. The van der Waals surface area contributed by atoms with Crippen molar-refractivity contribution < 1.29 is 49.2 Å². The molecular weight excluding hydrogens is 612 g/mol. The van der Waals surface area contributed by atoms with Crippen molar-refractivity contribution in [3.63, 3.8) is 0 Å². The van der Waals surface area contributed by atoms with Gasteiger partial charge in [-0.3, -0.25) is 9.69 Å². The first-order valence-corrected chi connectivity index (χ1v) is 13.8. The van der Waals surface area contributed by atoms with E-state index in [0.717, 1.165) is 29.5 Å². The maximum Gasteiger partial charge on any atom is 0.406 e.